The maximum absolute atomic E-state index is 9.65. The van der Waals surface area contributed by atoms with E-state index in [1.807, 2.05) is 0 Å². The van der Waals surface area contributed by atoms with Crippen molar-refractivity contribution in [2.45, 2.75) is 45.6 Å². The molecule has 1 saturated carbocycles. The SMILES string of the molecule is CCC(CC)C(O)C1CC1. The lowest BCUT2D eigenvalue weighted by molar-refractivity contribution is 0.0821. The Morgan fingerprint density at radius 2 is 1.80 bits per heavy atom. The largest absolute Gasteiger partial charge is 0.393 e. The predicted molar refractivity (Wildman–Crippen MR) is 42.8 cm³/mol. The van der Waals surface area contributed by atoms with Crippen LogP contribution in [0.4, 0.5) is 0 Å². The second kappa shape index (κ2) is 3.38. The van der Waals surface area contributed by atoms with Crippen LogP contribution in [0, 0.1) is 11.8 Å². The minimum absolute atomic E-state index is 0.00926. The summed E-state index contributed by atoms with van der Waals surface area (Å²) >= 11 is 0. The van der Waals surface area contributed by atoms with E-state index >= 15 is 0 Å². The van der Waals surface area contributed by atoms with Crippen LogP contribution in [0.5, 0.6) is 0 Å². The van der Waals surface area contributed by atoms with E-state index in [2.05, 4.69) is 13.8 Å². The summed E-state index contributed by atoms with van der Waals surface area (Å²) in [6.07, 6.45) is 4.80. The minimum atomic E-state index is 0.00926. The molecule has 0 heterocycles. The average molecular weight is 142 g/mol. The molecule has 0 aliphatic heterocycles. The highest BCUT2D eigenvalue weighted by atomic mass is 16.3. The van der Waals surface area contributed by atoms with Crippen LogP contribution < -0.4 is 0 Å². The first-order valence-corrected chi connectivity index (χ1v) is 4.47. The highest BCUT2D eigenvalue weighted by Gasteiger charge is 2.33. The summed E-state index contributed by atoms with van der Waals surface area (Å²) in [5.41, 5.74) is 0. The molecule has 0 aromatic rings. The molecule has 1 fully saturated rings. The van der Waals surface area contributed by atoms with Gasteiger partial charge in [-0.15, -0.1) is 0 Å². The standard InChI is InChI=1S/C9H18O/c1-3-7(4-2)9(10)8-5-6-8/h7-10H,3-6H2,1-2H3. The highest BCUT2D eigenvalue weighted by Crippen LogP contribution is 2.37. The van der Waals surface area contributed by atoms with Gasteiger partial charge in [-0.25, -0.2) is 0 Å². The average Bonchev–Trinajstić information content (AvgIpc) is 2.71. The third kappa shape index (κ3) is 1.72. The van der Waals surface area contributed by atoms with Crippen LogP contribution in [0.25, 0.3) is 0 Å². The summed E-state index contributed by atoms with van der Waals surface area (Å²) in [4.78, 5) is 0. The van der Waals surface area contributed by atoms with Crippen molar-refractivity contribution in [1.82, 2.24) is 0 Å². The molecule has 0 amide bonds. The zero-order chi connectivity index (χ0) is 7.56. The molecule has 0 saturated heterocycles. The second-order valence-electron chi connectivity index (χ2n) is 3.40. The lowest BCUT2D eigenvalue weighted by atomic mass is 9.93. The van der Waals surface area contributed by atoms with Crippen LogP contribution in [-0.4, -0.2) is 11.2 Å². The van der Waals surface area contributed by atoms with E-state index in [-0.39, 0.29) is 6.10 Å². The van der Waals surface area contributed by atoms with Gasteiger partial charge in [-0.3, -0.25) is 0 Å². The monoisotopic (exact) mass is 142 g/mol. The molecule has 10 heavy (non-hydrogen) atoms. The number of aliphatic hydroxyl groups is 1. The van der Waals surface area contributed by atoms with E-state index in [1.165, 1.54) is 12.8 Å². The number of hydrogen-bond acceptors (Lipinski definition) is 1. The van der Waals surface area contributed by atoms with E-state index in [4.69, 9.17) is 0 Å². The summed E-state index contributed by atoms with van der Waals surface area (Å²) in [7, 11) is 0. The highest BCUT2D eigenvalue weighted by molar-refractivity contribution is 4.84. The molecule has 0 radical (unpaired) electrons. The molecule has 60 valence electrons. The maximum atomic E-state index is 9.65. The molecule has 0 spiro atoms. The zero-order valence-corrected chi connectivity index (χ0v) is 7.01. The van der Waals surface area contributed by atoms with Crippen molar-refractivity contribution in [3.05, 3.63) is 0 Å². The van der Waals surface area contributed by atoms with Crippen LogP contribution >= 0.6 is 0 Å². The third-order valence-electron chi connectivity index (χ3n) is 2.64. The Kier molecular flexibility index (Phi) is 2.72. The van der Waals surface area contributed by atoms with Crippen LogP contribution in [-0.2, 0) is 0 Å². The lowest BCUT2D eigenvalue weighted by Crippen LogP contribution is -2.20. The fraction of sp³-hybridized carbons (Fsp3) is 1.00. The van der Waals surface area contributed by atoms with Crippen LogP contribution in [0.1, 0.15) is 39.5 Å². The first kappa shape index (κ1) is 8.06. The van der Waals surface area contributed by atoms with Gasteiger partial charge < -0.3 is 5.11 Å². The van der Waals surface area contributed by atoms with Gasteiger partial charge in [-0.2, -0.15) is 0 Å². The van der Waals surface area contributed by atoms with Crippen molar-refractivity contribution in [3.63, 3.8) is 0 Å². The van der Waals surface area contributed by atoms with Crippen LogP contribution in [0.3, 0.4) is 0 Å². The van der Waals surface area contributed by atoms with Gasteiger partial charge in [0.25, 0.3) is 0 Å². The fourth-order valence-electron chi connectivity index (χ4n) is 1.59. The summed E-state index contributed by atoms with van der Waals surface area (Å²) < 4.78 is 0. The van der Waals surface area contributed by atoms with Crippen LogP contribution in [0.15, 0.2) is 0 Å². The molecule has 0 aromatic carbocycles. The third-order valence-corrected chi connectivity index (χ3v) is 2.64. The molecule has 1 N–H and O–H groups in total. The molecular weight excluding hydrogens is 124 g/mol. The predicted octanol–water partition coefficient (Wildman–Crippen LogP) is 2.19. The van der Waals surface area contributed by atoms with Gasteiger partial charge in [-0.1, -0.05) is 26.7 Å². The van der Waals surface area contributed by atoms with Gasteiger partial charge >= 0.3 is 0 Å². The normalized spacial score (nSPS) is 21.6. The Labute approximate surface area is 63.4 Å². The van der Waals surface area contributed by atoms with E-state index < -0.39 is 0 Å². The molecule has 1 atom stereocenters. The lowest BCUT2D eigenvalue weighted by Gasteiger charge is -2.18. The molecule has 0 bridgehead atoms. The van der Waals surface area contributed by atoms with E-state index in [1.54, 1.807) is 0 Å². The second-order valence-corrected chi connectivity index (χ2v) is 3.40. The number of aliphatic hydroxyl groups excluding tert-OH is 1. The van der Waals surface area contributed by atoms with Gasteiger partial charge in [0.1, 0.15) is 0 Å². The summed E-state index contributed by atoms with van der Waals surface area (Å²) in [6, 6.07) is 0. The zero-order valence-electron chi connectivity index (χ0n) is 7.01. The van der Waals surface area contributed by atoms with Gasteiger partial charge in [-0.05, 0) is 24.7 Å². The maximum Gasteiger partial charge on any atom is 0.0596 e. The first-order chi connectivity index (χ1) is 4.79. The Hall–Kier alpha value is -0.0400. The quantitative estimate of drug-likeness (QED) is 0.638. The topological polar surface area (TPSA) is 20.2 Å². The molecule has 1 heteroatoms. The minimum Gasteiger partial charge on any atom is -0.393 e. The van der Waals surface area contributed by atoms with Crippen molar-refractivity contribution < 1.29 is 5.11 Å². The van der Waals surface area contributed by atoms with Crippen molar-refractivity contribution in [3.8, 4) is 0 Å². The van der Waals surface area contributed by atoms with E-state index in [9.17, 15) is 5.11 Å². The molecule has 1 aliphatic rings. The van der Waals surface area contributed by atoms with Crippen molar-refractivity contribution in [2.24, 2.45) is 11.8 Å². The van der Waals surface area contributed by atoms with Gasteiger partial charge in [0.15, 0.2) is 0 Å². The summed E-state index contributed by atoms with van der Waals surface area (Å²) in [5, 5.41) is 9.65. The molecule has 1 aliphatic carbocycles. The molecule has 1 nitrogen and oxygen atoms in total. The fourth-order valence-corrected chi connectivity index (χ4v) is 1.59. The van der Waals surface area contributed by atoms with Crippen molar-refractivity contribution in [1.29, 1.82) is 0 Å². The molecular formula is C9H18O. The Bertz CT molecular complexity index is 92.9. The van der Waals surface area contributed by atoms with Crippen LogP contribution in [0.2, 0.25) is 0 Å². The Morgan fingerprint density at radius 1 is 1.30 bits per heavy atom. The smallest absolute Gasteiger partial charge is 0.0596 e. The first-order valence-electron chi connectivity index (χ1n) is 4.47. The molecule has 1 unspecified atom stereocenters. The van der Waals surface area contributed by atoms with Crippen molar-refractivity contribution >= 4 is 0 Å². The van der Waals surface area contributed by atoms with E-state index in [0.29, 0.717) is 11.8 Å². The van der Waals surface area contributed by atoms with Gasteiger partial charge in [0.05, 0.1) is 6.10 Å². The Morgan fingerprint density at radius 3 is 2.10 bits per heavy atom. The van der Waals surface area contributed by atoms with Crippen molar-refractivity contribution in [2.75, 3.05) is 0 Å². The Balaban J connectivity index is 2.27. The summed E-state index contributed by atoms with van der Waals surface area (Å²) in [6.45, 7) is 4.33. The van der Waals surface area contributed by atoms with Gasteiger partial charge in [0.2, 0.25) is 0 Å². The number of hydrogen-bond donors (Lipinski definition) is 1. The van der Waals surface area contributed by atoms with E-state index in [0.717, 1.165) is 12.8 Å². The summed E-state index contributed by atoms with van der Waals surface area (Å²) in [5.74, 6) is 1.22. The molecule has 1 rings (SSSR count). The number of rotatable bonds is 4. The van der Waals surface area contributed by atoms with Gasteiger partial charge in [0, 0.05) is 0 Å². The molecule has 0 aromatic heterocycles.